The Kier molecular flexibility index (Phi) is 5.02. The van der Waals surface area contributed by atoms with E-state index in [-0.39, 0.29) is 0 Å². The van der Waals surface area contributed by atoms with E-state index in [1.807, 2.05) is 35.9 Å². The lowest BCUT2D eigenvalue weighted by atomic mass is 10.2. The van der Waals surface area contributed by atoms with Crippen LogP contribution in [-0.4, -0.2) is 26.8 Å². The number of aryl methyl sites for hydroxylation is 1. The van der Waals surface area contributed by atoms with Gasteiger partial charge in [-0.2, -0.15) is 0 Å². The predicted octanol–water partition coefficient (Wildman–Crippen LogP) is 3.25. The molecule has 2 heterocycles. The van der Waals surface area contributed by atoms with Crippen molar-refractivity contribution in [3.63, 3.8) is 0 Å². The van der Waals surface area contributed by atoms with Crippen LogP contribution in [0.5, 0.6) is 0 Å². The van der Waals surface area contributed by atoms with Crippen LogP contribution in [0.3, 0.4) is 0 Å². The molecule has 0 aliphatic carbocycles. The average Bonchev–Trinajstić information content (AvgIpc) is 3.15. The van der Waals surface area contributed by atoms with Gasteiger partial charge in [-0.05, 0) is 25.6 Å². The van der Waals surface area contributed by atoms with Crippen LogP contribution in [0.4, 0.5) is 0 Å². The normalized spacial score (nSPS) is 11.4. The Labute approximate surface area is 135 Å². The maximum atomic E-state index is 5.88. The molecule has 0 aliphatic rings. The SMILES string of the molecule is CCCCCCc1nnc(-n2c(CNC)nc3ccccc32)o1. The van der Waals surface area contributed by atoms with Crippen LogP contribution in [0.2, 0.25) is 0 Å². The molecule has 0 spiro atoms. The van der Waals surface area contributed by atoms with Gasteiger partial charge in [0.15, 0.2) is 0 Å². The number of hydrogen-bond acceptors (Lipinski definition) is 5. The van der Waals surface area contributed by atoms with Gasteiger partial charge < -0.3 is 9.73 Å². The third-order valence-corrected chi connectivity index (χ3v) is 3.86. The molecule has 0 bridgehead atoms. The summed E-state index contributed by atoms with van der Waals surface area (Å²) < 4.78 is 7.82. The van der Waals surface area contributed by atoms with E-state index in [2.05, 4.69) is 27.4 Å². The quantitative estimate of drug-likeness (QED) is 0.647. The van der Waals surface area contributed by atoms with Gasteiger partial charge in [0, 0.05) is 6.42 Å². The molecule has 122 valence electrons. The van der Waals surface area contributed by atoms with Gasteiger partial charge in [-0.15, -0.1) is 5.10 Å². The number of nitrogens with zero attached hydrogens (tertiary/aromatic N) is 4. The van der Waals surface area contributed by atoms with E-state index in [4.69, 9.17) is 4.42 Å². The summed E-state index contributed by atoms with van der Waals surface area (Å²) in [7, 11) is 1.90. The number of rotatable bonds is 8. The van der Waals surface area contributed by atoms with Gasteiger partial charge in [0.1, 0.15) is 5.82 Å². The third kappa shape index (κ3) is 3.42. The molecule has 23 heavy (non-hydrogen) atoms. The molecule has 1 N–H and O–H groups in total. The molecular weight excluding hydrogens is 290 g/mol. The van der Waals surface area contributed by atoms with E-state index >= 15 is 0 Å². The molecule has 0 radical (unpaired) electrons. The summed E-state index contributed by atoms with van der Waals surface area (Å²) in [5.41, 5.74) is 1.92. The fourth-order valence-corrected chi connectivity index (χ4v) is 2.71. The molecule has 0 fully saturated rings. The molecule has 0 saturated heterocycles. The fourth-order valence-electron chi connectivity index (χ4n) is 2.71. The largest absolute Gasteiger partial charge is 0.407 e. The molecule has 2 aromatic heterocycles. The van der Waals surface area contributed by atoms with Gasteiger partial charge in [0.2, 0.25) is 5.89 Å². The molecular formula is C17H23N5O. The lowest BCUT2D eigenvalue weighted by Crippen LogP contribution is -2.11. The molecule has 0 saturated carbocycles. The molecule has 3 aromatic rings. The third-order valence-electron chi connectivity index (χ3n) is 3.86. The van der Waals surface area contributed by atoms with Crippen LogP contribution >= 0.6 is 0 Å². The fraction of sp³-hybridized carbons (Fsp3) is 0.471. The summed E-state index contributed by atoms with van der Waals surface area (Å²) in [6.07, 6.45) is 5.60. The van der Waals surface area contributed by atoms with Gasteiger partial charge in [0.25, 0.3) is 0 Å². The van der Waals surface area contributed by atoms with Crippen LogP contribution in [0.25, 0.3) is 17.0 Å². The molecule has 1 aromatic carbocycles. The Morgan fingerprint density at radius 2 is 2.00 bits per heavy atom. The minimum Gasteiger partial charge on any atom is -0.407 e. The van der Waals surface area contributed by atoms with Crippen molar-refractivity contribution in [3.8, 4) is 6.01 Å². The van der Waals surface area contributed by atoms with Crippen molar-refractivity contribution in [2.24, 2.45) is 0 Å². The first-order chi connectivity index (χ1) is 11.3. The highest BCUT2D eigenvalue weighted by Crippen LogP contribution is 2.21. The second-order valence-electron chi connectivity index (χ2n) is 5.67. The smallest absolute Gasteiger partial charge is 0.328 e. The number of nitrogens with one attached hydrogen (secondary N) is 1. The number of benzene rings is 1. The summed E-state index contributed by atoms with van der Waals surface area (Å²) in [6, 6.07) is 8.48. The summed E-state index contributed by atoms with van der Waals surface area (Å²) in [5, 5.41) is 11.6. The summed E-state index contributed by atoms with van der Waals surface area (Å²) >= 11 is 0. The van der Waals surface area contributed by atoms with E-state index in [9.17, 15) is 0 Å². The molecule has 0 aliphatic heterocycles. The lowest BCUT2D eigenvalue weighted by molar-refractivity contribution is 0.461. The zero-order valence-corrected chi connectivity index (χ0v) is 13.7. The van der Waals surface area contributed by atoms with Crippen molar-refractivity contribution in [2.45, 2.75) is 45.6 Å². The van der Waals surface area contributed by atoms with Gasteiger partial charge in [-0.1, -0.05) is 43.4 Å². The van der Waals surface area contributed by atoms with Crippen molar-refractivity contribution >= 4 is 11.0 Å². The number of hydrogen-bond donors (Lipinski definition) is 1. The summed E-state index contributed by atoms with van der Waals surface area (Å²) in [4.78, 5) is 4.65. The Morgan fingerprint density at radius 3 is 2.83 bits per heavy atom. The van der Waals surface area contributed by atoms with Crippen molar-refractivity contribution in [2.75, 3.05) is 7.05 Å². The van der Waals surface area contributed by atoms with Crippen LogP contribution in [0, 0.1) is 0 Å². The van der Waals surface area contributed by atoms with Crippen molar-refractivity contribution < 1.29 is 4.42 Å². The van der Waals surface area contributed by atoms with Crippen LogP contribution < -0.4 is 5.32 Å². The Hall–Kier alpha value is -2.21. The molecule has 6 nitrogen and oxygen atoms in total. The standard InChI is InChI=1S/C17H23N5O/c1-3-4-5-6-11-16-20-21-17(23-16)22-14-10-8-7-9-13(14)19-15(22)12-18-2/h7-10,18H,3-6,11-12H2,1-2H3. The minimum atomic E-state index is 0.495. The zero-order chi connectivity index (χ0) is 16.1. The molecule has 3 rings (SSSR count). The van der Waals surface area contributed by atoms with Crippen molar-refractivity contribution in [1.29, 1.82) is 0 Å². The highest BCUT2D eigenvalue weighted by atomic mass is 16.4. The van der Waals surface area contributed by atoms with Gasteiger partial charge in [-0.25, -0.2) is 9.55 Å². The van der Waals surface area contributed by atoms with Crippen molar-refractivity contribution in [3.05, 3.63) is 36.0 Å². The lowest BCUT2D eigenvalue weighted by Gasteiger charge is -2.03. The number of para-hydroxylation sites is 2. The first-order valence-electron chi connectivity index (χ1n) is 8.27. The van der Waals surface area contributed by atoms with E-state index in [1.165, 1.54) is 19.3 Å². The van der Waals surface area contributed by atoms with Crippen LogP contribution in [-0.2, 0) is 13.0 Å². The molecule has 0 atom stereocenters. The highest BCUT2D eigenvalue weighted by Gasteiger charge is 2.16. The number of unbranched alkanes of at least 4 members (excludes halogenated alkanes) is 3. The second kappa shape index (κ2) is 7.37. The Morgan fingerprint density at radius 1 is 1.13 bits per heavy atom. The van der Waals surface area contributed by atoms with Crippen molar-refractivity contribution in [1.82, 2.24) is 25.1 Å². The monoisotopic (exact) mass is 313 g/mol. The van der Waals surface area contributed by atoms with E-state index in [1.54, 1.807) is 0 Å². The van der Waals surface area contributed by atoms with E-state index in [0.717, 1.165) is 29.7 Å². The van der Waals surface area contributed by atoms with Gasteiger partial charge in [-0.3, -0.25) is 0 Å². The minimum absolute atomic E-state index is 0.495. The summed E-state index contributed by atoms with van der Waals surface area (Å²) in [6.45, 7) is 2.85. The molecule has 0 unspecified atom stereocenters. The van der Waals surface area contributed by atoms with Gasteiger partial charge in [0.05, 0.1) is 17.6 Å². The van der Waals surface area contributed by atoms with Gasteiger partial charge >= 0.3 is 6.01 Å². The first-order valence-corrected chi connectivity index (χ1v) is 8.27. The highest BCUT2D eigenvalue weighted by molar-refractivity contribution is 5.77. The molecule has 0 amide bonds. The van der Waals surface area contributed by atoms with Crippen LogP contribution in [0.1, 0.15) is 44.3 Å². The molecule has 6 heteroatoms. The van der Waals surface area contributed by atoms with E-state index < -0.39 is 0 Å². The number of aromatic nitrogens is 4. The maximum Gasteiger partial charge on any atom is 0.328 e. The first kappa shape index (κ1) is 15.7. The average molecular weight is 313 g/mol. The predicted molar refractivity (Wildman–Crippen MR) is 89.5 cm³/mol. The number of fused-ring (bicyclic) bond motifs is 1. The van der Waals surface area contributed by atoms with E-state index in [0.29, 0.717) is 18.5 Å². The Bertz CT molecular complexity index is 761. The number of imidazole rings is 1. The Balaban J connectivity index is 1.87. The maximum absolute atomic E-state index is 5.88. The van der Waals surface area contributed by atoms with Crippen LogP contribution in [0.15, 0.2) is 28.7 Å². The summed E-state index contributed by atoms with van der Waals surface area (Å²) in [5.74, 6) is 1.57. The zero-order valence-electron chi connectivity index (χ0n) is 13.7. The second-order valence-corrected chi connectivity index (χ2v) is 5.67. The topological polar surface area (TPSA) is 68.8 Å².